The van der Waals surface area contributed by atoms with Gasteiger partial charge < -0.3 is 14.4 Å². The molecule has 2 heterocycles. The van der Waals surface area contributed by atoms with Crippen LogP contribution < -0.4 is 14.4 Å². The molecule has 238 valence electrons. The Bertz CT molecular complexity index is 1980. The highest BCUT2D eigenvalue weighted by atomic mass is 35.5. The highest BCUT2D eigenvalue weighted by Gasteiger charge is 2.38. The zero-order chi connectivity index (χ0) is 33.1. The quantitative estimate of drug-likeness (QED) is 0.126. The van der Waals surface area contributed by atoms with Gasteiger partial charge >= 0.3 is 12.4 Å². The lowest BCUT2D eigenvalue weighted by Gasteiger charge is -2.20. The third kappa shape index (κ3) is 6.01. The predicted octanol–water partition coefficient (Wildman–Crippen LogP) is 6.94. The number of benzene rings is 3. The van der Waals surface area contributed by atoms with Gasteiger partial charge in [-0.1, -0.05) is 35.9 Å². The maximum Gasteiger partial charge on any atom is 0.417 e. The van der Waals surface area contributed by atoms with Crippen molar-refractivity contribution in [2.24, 2.45) is 7.05 Å². The minimum atomic E-state index is -4.90. The van der Waals surface area contributed by atoms with Crippen molar-refractivity contribution < 1.29 is 43.9 Å². The Morgan fingerprint density at radius 3 is 2.29 bits per heavy atom. The predicted molar refractivity (Wildman–Crippen MR) is 157 cm³/mol. The third-order valence-electron chi connectivity index (χ3n) is 7.59. The number of nitrogens with zero attached hydrogens (tertiary/aromatic N) is 4. The molecular formula is C30H25ClF6N4O3S. The normalized spacial score (nSPS) is 15.2. The van der Waals surface area contributed by atoms with E-state index < -0.39 is 43.5 Å². The zero-order valence-electron chi connectivity index (χ0n) is 23.9. The van der Waals surface area contributed by atoms with Crippen LogP contribution in [0.15, 0.2) is 77.5 Å². The Labute approximate surface area is 259 Å². The van der Waals surface area contributed by atoms with E-state index in [1.54, 1.807) is 46.7 Å². The lowest BCUT2D eigenvalue weighted by Crippen LogP contribution is -2.31. The molecule has 1 aliphatic rings. The fraction of sp³-hybridized carbons (Fsp3) is 0.233. The molecule has 0 spiro atoms. The van der Waals surface area contributed by atoms with Crippen LogP contribution in [-0.2, 0) is 36.1 Å². The number of rotatable bonds is 6. The molecule has 0 unspecified atom stereocenters. The van der Waals surface area contributed by atoms with Gasteiger partial charge in [0.1, 0.15) is 22.5 Å². The van der Waals surface area contributed by atoms with E-state index in [0.717, 1.165) is 24.3 Å². The van der Waals surface area contributed by atoms with Crippen LogP contribution in [0.3, 0.4) is 0 Å². The summed E-state index contributed by atoms with van der Waals surface area (Å²) < 4.78 is 121. The molecule has 0 bridgehead atoms. The number of allylic oxidation sites excluding steroid dienone is 2. The molecule has 4 aromatic rings. The molecule has 0 saturated heterocycles. The van der Waals surface area contributed by atoms with Gasteiger partial charge in [-0.15, -0.1) is 0 Å². The Morgan fingerprint density at radius 2 is 1.67 bits per heavy atom. The summed E-state index contributed by atoms with van der Waals surface area (Å²) in [5, 5.41) is -0.444. The molecule has 45 heavy (non-hydrogen) atoms. The molecule has 0 N–H and O–H groups in total. The fourth-order valence-electron chi connectivity index (χ4n) is 5.48. The highest BCUT2D eigenvalue weighted by molar-refractivity contribution is 7.85. The standard InChI is InChI=1S/C30H25ClF6N4O3S/c1-4-40-25-16-21(31)20(30(35,36)37)15-23(25)39(3)27(40)10-7-11-28-38(2)22-13-12-19(29(32,33)34)14-24(22)41(28)17-18-8-5-6-9-26(18)45(42,43)44/h5-16H,4,17H2,1-3H3. The first-order valence-electron chi connectivity index (χ1n) is 13.4. The summed E-state index contributed by atoms with van der Waals surface area (Å²) in [7, 11) is -1.69. The molecule has 0 atom stereocenters. The van der Waals surface area contributed by atoms with Crippen LogP contribution in [0.2, 0.25) is 5.02 Å². The van der Waals surface area contributed by atoms with Crippen LogP contribution in [0.5, 0.6) is 0 Å². The Balaban J connectivity index is 1.64. The van der Waals surface area contributed by atoms with Gasteiger partial charge in [0.2, 0.25) is 0 Å². The van der Waals surface area contributed by atoms with Crippen LogP contribution >= 0.6 is 11.6 Å². The van der Waals surface area contributed by atoms with E-state index in [4.69, 9.17) is 11.6 Å². The number of fused-ring (bicyclic) bond motifs is 2. The van der Waals surface area contributed by atoms with Crippen LogP contribution in [0.25, 0.3) is 17.1 Å². The zero-order valence-corrected chi connectivity index (χ0v) is 25.5. The third-order valence-corrected chi connectivity index (χ3v) is 8.84. The van der Waals surface area contributed by atoms with Gasteiger partial charge in [-0.25, -0.2) is 17.6 Å². The number of alkyl halides is 6. The van der Waals surface area contributed by atoms with Crippen molar-refractivity contribution in [2.75, 3.05) is 23.4 Å². The van der Waals surface area contributed by atoms with Crippen molar-refractivity contribution in [3.8, 4) is 0 Å². The Morgan fingerprint density at radius 1 is 0.978 bits per heavy atom. The Kier molecular flexibility index (Phi) is 8.21. The lowest BCUT2D eigenvalue weighted by molar-refractivity contribution is -0.647. The number of hydrogen-bond acceptors (Lipinski definition) is 5. The molecule has 0 amide bonds. The molecule has 0 aliphatic carbocycles. The summed E-state index contributed by atoms with van der Waals surface area (Å²) in [6.07, 6.45) is -4.52. The number of aryl methyl sites for hydroxylation is 1. The maximum absolute atomic E-state index is 13.7. The SMILES string of the molecule is CCN1/C(=C\C=C\c2n(Cc3ccccc3S(=O)(=O)[O-])c3cc(C(F)(F)F)ccc3[n+]2C)N(C)c2cc(C(F)(F)F)c(Cl)cc21. The number of halogens is 7. The van der Waals surface area contributed by atoms with Crippen molar-refractivity contribution in [2.45, 2.75) is 30.7 Å². The summed E-state index contributed by atoms with van der Waals surface area (Å²) in [5.74, 6) is 0.856. The molecule has 0 fully saturated rings. The average molecular weight is 671 g/mol. The van der Waals surface area contributed by atoms with E-state index in [2.05, 4.69) is 0 Å². The molecule has 15 heteroatoms. The van der Waals surface area contributed by atoms with Crippen LogP contribution in [0.1, 0.15) is 29.4 Å². The second-order valence-corrected chi connectivity index (χ2v) is 12.0. The summed E-state index contributed by atoms with van der Waals surface area (Å²) >= 11 is 5.98. The van der Waals surface area contributed by atoms with E-state index in [-0.39, 0.29) is 23.3 Å². The van der Waals surface area contributed by atoms with Gasteiger partial charge in [0, 0.05) is 31.3 Å². The van der Waals surface area contributed by atoms with E-state index in [1.165, 1.54) is 34.9 Å². The van der Waals surface area contributed by atoms with Crippen LogP contribution in [0, 0.1) is 0 Å². The monoisotopic (exact) mass is 670 g/mol. The van der Waals surface area contributed by atoms with Crippen LogP contribution in [0.4, 0.5) is 37.7 Å². The second kappa shape index (κ2) is 11.4. The number of imidazole rings is 1. The first-order chi connectivity index (χ1) is 20.9. The van der Waals surface area contributed by atoms with Gasteiger partial charge in [0.15, 0.2) is 11.0 Å². The van der Waals surface area contributed by atoms with Gasteiger partial charge in [0.05, 0.1) is 39.5 Å². The van der Waals surface area contributed by atoms with Gasteiger partial charge in [-0.05, 0) is 43.3 Å². The summed E-state index contributed by atoms with van der Waals surface area (Å²) in [5.41, 5.74) is -0.540. The second-order valence-electron chi connectivity index (χ2n) is 10.3. The molecule has 0 saturated carbocycles. The van der Waals surface area contributed by atoms with Crippen molar-refractivity contribution in [3.63, 3.8) is 0 Å². The van der Waals surface area contributed by atoms with Crippen molar-refractivity contribution in [3.05, 3.63) is 100 Å². The minimum absolute atomic E-state index is 0.0795. The molecule has 5 rings (SSSR count). The van der Waals surface area contributed by atoms with Gasteiger partial charge in [-0.3, -0.25) is 0 Å². The van der Waals surface area contributed by atoms with Crippen molar-refractivity contribution in [1.29, 1.82) is 0 Å². The van der Waals surface area contributed by atoms with E-state index in [0.29, 0.717) is 29.4 Å². The smallest absolute Gasteiger partial charge is 0.417 e. The minimum Gasteiger partial charge on any atom is -0.744 e. The maximum atomic E-state index is 13.7. The Hall–Kier alpha value is -4.01. The fourth-order valence-corrected chi connectivity index (χ4v) is 6.44. The summed E-state index contributed by atoms with van der Waals surface area (Å²) in [4.78, 5) is 2.82. The first-order valence-corrected chi connectivity index (χ1v) is 15.2. The van der Waals surface area contributed by atoms with Crippen LogP contribution in [-0.4, -0.2) is 31.1 Å². The molecular weight excluding hydrogens is 646 g/mol. The number of aromatic nitrogens is 2. The number of hydrogen-bond donors (Lipinski definition) is 0. The summed E-state index contributed by atoms with van der Waals surface area (Å²) in [6.45, 7) is 1.94. The summed E-state index contributed by atoms with van der Waals surface area (Å²) in [6, 6.07) is 10.8. The van der Waals surface area contributed by atoms with E-state index >= 15 is 0 Å². The molecule has 7 nitrogen and oxygen atoms in total. The van der Waals surface area contributed by atoms with Gasteiger partial charge in [-0.2, -0.15) is 26.3 Å². The van der Waals surface area contributed by atoms with Crippen molar-refractivity contribution >= 4 is 50.2 Å². The largest absolute Gasteiger partial charge is 0.744 e. The van der Waals surface area contributed by atoms with Gasteiger partial charge in [0.25, 0.3) is 5.82 Å². The molecule has 1 aromatic heterocycles. The number of anilines is 2. The first kappa shape index (κ1) is 32.4. The molecule has 1 aliphatic heterocycles. The van der Waals surface area contributed by atoms with Crippen molar-refractivity contribution in [1.82, 2.24) is 4.57 Å². The lowest BCUT2D eigenvalue weighted by atomic mass is 10.1. The average Bonchev–Trinajstić information content (AvgIpc) is 3.35. The highest BCUT2D eigenvalue weighted by Crippen LogP contribution is 2.47. The molecule has 3 aromatic carbocycles. The molecule has 0 radical (unpaired) electrons. The topological polar surface area (TPSA) is 72.5 Å². The van der Waals surface area contributed by atoms with E-state index in [1.807, 2.05) is 6.92 Å². The van der Waals surface area contributed by atoms with E-state index in [9.17, 15) is 39.3 Å².